The van der Waals surface area contributed by atoms with E-state index < -0.39 is 10.0 Å². The van der Waals surface area contributed by atoms with Crippen molar-refractivity contribution in [1.82, 2.24) is 4.72 Å². The first-order chi connectivity index (χ1) is 7.86. The van der Waals surface area contributed by atoms with Crippen LogP contribution in [0, 0.1) is 0 Å². The van der Waals surface area contributed by atoms with E-state index in [-0.39, 0.29) is 10.9 Å². The van der Waals surface area contributed by atoms with Gasteiger partial charge in [-0.3, -0.25) is 0 Å². The van der Waals surface area contributed by atoms with Gasteiger partial charge in [-0.25, -0.2) is 13.1 Å². The van der Waals surface area contributed by atoms with Crippen LogP contribution in [0.25, 0.3) is 0 Å². The van der Waals surface area contributed by atoms with Crippen molar-refractivity contribution < 1.29 is 13.2 Å². The normalized spacial score (nSPS) is 13.6. The second-order valence-corrected chi connectivity index (χ2v) is 7.00. The number of hydrogen-bond acceptors (Lipinski definition) is 3. The highest BCUT2D eigenvalue weighted by Gasteiger charge is 2.20. The highest BCUT2D eigenvalue weighted by molar-refractivity contribution is 9.11. The molecule has 1 atom stereocenters. The number of rotatable bonds is 5. The van der Waals surface area contributed by atoms with Gasteiger partial charge in [0.1, 0.15) is 0 Å². The molecular formula is C10H13Br2NO3S. The lowest BCUT2D eigenvalue weighted by Crippen LogP contribution is -2.35. The Morgan fingerprint density at radius 3 is 2.65 bits per heavy atom. The lowest BCUT2D eigenvalue weighted by molar-refractivity contribution is 0.180. The van der Waals surface area contributed by atoms with E-state index >= 15 is 0 Å². The maximum Gasteiger partial charge on any atom is 0.242 e. The van der Waals surface area contributed by atoms with Crippen molar-refractivity contribution in [1.29, 1.82) is 0 Å². The van der Waals surface area contributed by atoms with Gasteiger partial charge in [-0.15, -0.1) is 0 Å². The van der Waals surface area contributed by atoms with E-state index in [2.05, 4.69) is 36.6 Å². The second kappa shape index (κ2) is 6.29. The molecule has 1 N–H and O–H groups in total. The van der Waals surface area contributed by atoms with Gasteiger partial charge in [-0.1, -0.05) is 15.9 Å². The monoisotopic (exact) mass is 385 g/mol. The summed E-state index contributed by atoms with van der Waals surface area (Å²) in [5, 5.41) is 0. The van der Waals surface area contributed by atoms with Crippen LogP contribution in [0.3, 0.4) is 0 Å². The summed E-state index contributed by atoms with van der Waals surface area (Å²) in [6.07, 6.45) is 0. The Bertz CT molecular complexity index is 490. The zero-order chi connectivity index (χ0) is 13.1. The summed E-state index contributed by atoms with van der Waals surface area (Å²) >= 11 is 6.47. The molecular weight excluding hydrogens is 374 g/mol. The highest BCUT2D eigenvalue weighted by Crippen LogP contribution is 2.25. The third-order valence-electron chi connectivity index (χ3n) is 1.96. The van der Waals surface area contributed by atoms with Crippen molar-refractivity contribution in [3.8, 4) is 0 Å². The Morgan fingerprint density at radius 1 is 1.41 bits per heavy atom. The highest BCUT2D eigenvalue weighted by atomic mass is 79.9. The number of methoxy groups -OCH3 is 1. The minimum absolute atomic E-state index is 0.204. The van der Waals surface area contributed by atoms with Crippen LogP contribution >= 0.6 is 31.9 Å². The van der Waals surface area contributed by atoms with E-state index in [0.29, 0.717) is 15.6 Å². The molecule has 0 aliphatic heterocycles. The van der Waals surface area contributed by atoms with Gasteiger partial charge in [0.05, 0.1) is 11.5 Å². The van der Waals surface area contributed by atoms with Gasteiger partial charge in [0.15, 0.2) is 0 Å². The van der Waals surface area contributed by atoms with Crippen LogP contribution in [0.4, 0.5) is 0 Å². The van der Waals surface area contributed by atoms with Gasteiger partial charge in [-0.05, 0) is 41.1 Å². The molecule has 7 heteroatoms. The molecule has 0 aliphatic rings. The first kappa shape index (κ1) is 15.1. The molecule has 0 saturated heterocycles. The zero-order valence-corrected chi connectivity index (χ0v) is 13.4. The standard InChI is InChI=1S/C10H13Br2NO3S/c1-7(6-16-2)13-17(14,15)10-5-8(11)3-4-9(10)12/h3-5,7,13H,6H2,1-2H3/t7-/m1/s1. The minimum atomic E-state index is -3.54. The molecule has 1 rings (SSSR count). The summed E-state index contributed by atoms with van der Waals surface area (Å²) in [5.41, 5.74) is 0. The van der Waals surface area contributed by atoms with Gasteiger partial charge in [0.25, 0.3) is 0 Å². The van der Waals surface area contributed by atoms with Crippen LogP contribution in [0.2, 0.25) is 0 Å². The number of nitrogens with one attached hydrogen (secondary N) is 1. The molecule has 1 aromatic carbocycles. The Labute approximate surface area is 118 Å². The molecule has 0 spiro atoms. The van der Waals surface area contributed by atoms with Crippen molar-refractivity contribution in [3.63, 3.8) is 0 Å². The lowest BCUT2D eigenvalue weighted by Gasteiger charge is -2.14. The van der Waals surface area contributed by atoms with Gasteiger partial charge in [0.2, 0.25) is 10.0 Å². The third-order valence-corrected chi connectivity index (χ3v) is 5.03. The van der Waals surface area contributed by atoms with Crippen LogP contribution in [-0.4, -0.2) is 28.2 Å². The lowest BCUT2D eigenvalue weighted by atomic mass is 10.4. The molecule has 0 unspecified atom stereocenters. The number of ether oxygens (including phenoxy) is 1. The summed E-state index contributed by atoms with van der Waals surface area (Å²) in [6, 6.07) is 4.71. The number of hydrogen-bond donors (Lipinski definition) is 1. The molecule has 0 aliphatic carbocycles. The van der Waals surface area contributed by atoms with Crippen molar-refractivity contribution >= 4 is 41.9 Å². The Balaban J connectivity index is 3.01. The van der Waals surface area contributed by atoms with Crippen molar-refractivity contribution in [2.45, 2.75) is 17.9 Å². The second-order valence-electron chi connectivity index (χ2n) is 3.55. The van der Waals surface area contributed by atoms with Gasteiger partial charge < -0.3 is 4.74 Å². The van der Waals surface area contributed by atoms with E-state index in [4.69, 9.17) is 4.74 Å². The fraction of sp³-hybridized carbons (Fsp3) is 0.400. The molecule has 0 heterocycles. The molecule has 0 aromatic heterocycles. The Kier molecular flexibility index (Phi) is 5.59. The number of sulfonamides is 1. The molecule has 0 fully saturated rings. The summed E-state index contributed by atoms with van der Waals surface area (Å²) in [7, 11) is -2.01. The topological polar surface area (TPSA) is 55.4 Å². The van der Waals surface area contributed by atoms with Crippen LogP contribution < -0.4 is 4.72 Å². The molecule has 0 saturated carbocycles. The van der Waals surface area contributed by atoms with E-state index in [0.717, 1.165) is 0 Å². The summed E-state index contributed by atoms with van der Waals surface area (Å²) in [6.45, 7) is 2.07. The van der Waals surface area contributed by atoms with Gasteiger partial charge >= 0.3 is 0 Å². The molecule has 4 nitrogen and oxygen atoms in total. The molecule has 1 aromatic rings. The van der Waals surface area contributed by atoms with Crippen LogP contribution in [-0.2, 0) is 14.8 Å². The predicted molar refractivity (Wildman–Crippen MR) is 73.5 cm³/mol. The van der Waals surface area contributed by atoms with Crippen molar-refractivity contribution in [2.75, 3.05) is 13.7 Å². The van der Waals surface area contributed by atoms with E-state index in [1.807, 2.05) is 0 Å². The summed E-state index contributed by atoms with van der Waals surface area (Å²) < 4.78 is 32.8. The summed E-state index contributed by atoms with van der Waals surface area (Å²) in [5.74, 6) is 0. The number of halogens is 2. The van der Waals surface area contributed by atoms with Crippen LogP contribution in [0.1, 0.15) is 6.92 Å². The maximum absolute atomic E-state index is 12.1. The Morgan fingerprint density at radius 2 is 2.06 bits per heavy atom. The third kappa shape index (κ3) is 4.33. The Hall–Kier alpha value is 0.0500. The van der Waals surface area contributed by atoms with Crippen LogP contribution in [0.15, 0.2) is 32.0 Å². The van der Waals surface area contributed by atoms with E-state index in [1.54, 1.807) is 25.1 Å². The molecule has 0 bridgehead atoms. The SMILES string of the molecule is COC[C@@H](C)NS(=O)(=O)c1cc(Br)ccc1Br. The zero-order valence-electron chi connectivity index (χ0n) is 9.41. The smallest absolute Gasteiger partial charge is 0.242 e. The molecule has 96 valence electrons. The van der Waals surface area contributed by atoms with Gasteiger partial charge in [0, 0.05) is 22.1 Å². The first-order valence-electron chi connectivity index (χ1n) is 4.83. The average molecular weight is 387 g/mol. The summed E-state index contributed by atoms with van der Waals surface area (Å²) in [4.78, 5) is 0.204. The first-order valence-corrected chi connectivity index (χ1v) is 7.90. The number of benzene rings is 1. The molecule has 0 amide bonds. The quantitative estimate of drug-likeness (QED) is 0.845. The maximum atomic E-state index is 12.1. The van der Waals surface area contributed by atoms with Crippen molar-refractivity contribution in [2.24, 2.45) is 0 Å². The van der Waals surface area contributed by atoms with Crippen molar-refractivity contribution in [3.05, 3.63) is 27.1 Å². The van der Waals surface area contributed by atoms with E-state index in [9.17, 15) is 8.42 Å². The van der Waals surface area contributed by atoms with E-state index in [1.165, 1.54) is 7.11 Å². The molecule has 17 heavy (non-hydrogen) atoms. The van der Waals surface area contributed by atoms with Crippen LogP contribution in [0.5, 0.6) is 0 Å². The average Bonchev–Trinajstić information content (AvgIpc) is 2.21. The van der Waals surface area contributed by atoms with Gasteiger partial charge in [-0.2, -0.15) is 0 Å². The predicted octanol–water partition coefficient (Wildman–Crippen LogP) is 2.52. The largest absolute Gasteiger partial charge is 0.383 e. The minimum Gasteiger partial charge on any atom is -0.383 e. The fourth-order valence-corrected chi connectivity index (χ4v) is 4.03. The molecule has 0 radical (unpaired) electrons. The fourth-order valence-electron chi connectivity index (χ4n) is 1.30.